The average Bonchev–Trinajstić information content (AvgIpc) is 2.36. The first-order valence-corrected chi connectivity index (χ1v) is 6.45. The van der Waals surface area contributed by atoms with Crippen LogP contribution in [0.2, 0.25) is 0 Å². The van der Waals surface area contributed by atoms with Gasteiger partial charge in [-0.2, -0.15) is 0 Å². The highest BCUT2D eigenvalue weighted by atomic mass is 79.9. The zero-order valence-electron chi connectivity index (χ0n) is 9.50. The highest BCUT2D eigenvalue weighted by molar-refractivity contribution is 9.11. The number of halogens is 1. The maximum absolute atomic E-state index is 12.1. The van der Waals surface area contributed by atoms with Gasteiger partial charge in [0.2, 0.25) is 11.6 Å². The molecule has 2 nitrogen and oxygen atoms in total. The van der Waals surface area contributed by atoms with Gasteiger partial charge >= 0.3 is 0 Å². The van der Waals surface area contributed by atoms with Crippen molar-refractivity contribution in [2.45, 2.75) is 12.8 Å². The minimum atomic E-state index is -0.463. The Bertz CT molecular complexity index is 656. The summed E-state index contributed by atoms with van der Waals surface area (Å²) in [6, 6.07) is 5.18. The fraction of sp³-hybridized carbons (Fsp3) is 0.143. The quantitative estimate of drug-likeness (QED) is 0.543. The lowest BCUT2D eigenvalue weighted by atomic mass is 9.78. The molecule has 1 aromatic rings. The third-order valence-corrected chi connectivity index (χ3v) is 3.93. The van der Waals surface area contributed by atoms with Gasteiger partial charge in [-0.05, 0) is 34.5 Å². The molecule has 2 aliphatic rings. The first kappa shape index (κ1) is 11.7. The molecule has 0 aromatic heterocycles. The maximum atomic E-state index is 12.1. The van der Waals surface area contributed by atoms with Crippen molar-refractivity contribution < 1.29 is 9.59 Å². The molecule has 2 aliphatic carbocycles. The van der Waals surface area contributed by atoms with E-state index in [2.05, 4.69) is 15.9 Å². The van der Waals surface area contributed by atoms with Crippen LogP contribution in [0.5, 0.6) is 0 Å². The summed E-state index contributed by atoms with van der Waals surface area (Å²) in [5.74, 6) is -0.894. The number of ketones is 2. The summed E-state index contributed by atoms with van der Waals surface area (Å²) >= 11 is 3.39. The Hall–Kier alpha value is -1.42. The Kier molecular flexibility index (Phi) is 2.63. The first-order valence-electron chi connectivity index (χ1n) is 5.66. The number of fused-ring (bicyclic) bond motifs is 2. The molecule has 1 aromatic carbocycles. The standard InChI is InChI=1S/C14H8BBrO2/c15-7-1-3-9-10-4-2-8(16)6-12(10)14(18)13(17)11(9)5-7/h1,3,5-6H,2,4H2. The molecule has 86 valence electrons. The van der Waals surface area contributed by atoms with Crippen LogP contribution in [0.1, 0.15) is 28.8 Å². The van der Waals surface area contributed by atoms with Gasteiger partial charge in [-0.3, -0.25) is 9.59 Å². The number of carbonyl (C=O) groups excluding carboxylic acids is 2. The van der Waals surface area contributed by atoms with Gasteiger partial charge in [0, 0.05) is 11.1 Å². The van der Waals surface area contributed by atoms with E-state index in [0.717, 1.165) is 28.5 Å². The van der Waals surface area contributed by atoms with E-state index in [0.29, 0.717) is 16.6 Å². The summed E-state index contributed by atoms with van der Waals surface area (Å²) in [7, 11) is 5.68. The van der Waals surface area contributed by atoms with Crippen LogP contribution in [0.4, 0.5) is 0 Å². The Morgan fingerprint density at radius 1 is 1.06 bits per heavy atom. The Morgan fingerprint density at radius 3 is 2.61 bits per heavy atom. The van der Waals surface area contributed by atoms with Gasteiger partial charge in [0.1, 0.15) is 7.85 Å². The smallest absolute Gasteiger partial charge is 0.234 e. The number of Topliss-reactive ketones (excluding diaryl/α,β-unsaturated/α-hetero) is 2. The van der Waals surface area contributed by atoms with Crippen molar-refractivity contribution in [3.8, 4) is 0 Å². The summed E-state index contributed by atoms with van der Waals surface area (Å²) in [4.78, 5) is 24.1. The maximum Gasteiger partial charge on any atom is 0.234 e. The Morgan fingerprint density at radius 2 is 1.83 bits per heavy atom. The highest BCUT2D eigenvalue weighted by Crippen LogP contribution is 2.38. The third kappa shape index (κ3) is 1.63. The van der Waals surface area contributed by atoms with Gasteiger partial charge in [-0.25, -0.2) is 0 Å². The molecule has 2 radical (unpaired) electrons. The summed E-state index contributed by atoms with van der Waals surface area (Å²) in [6.07, 6.45) is 3.38. The van der Waals surface area contributed by atoms with Crippen molar-refractivity contribution in [3.63, 3.8) is 0 Å². The monoisotopic (exact) mass is 298 g/mol. The fourth-order valence-corrected chi connectivity index (χ4v) is 2.86. The minimum absolute atomic E-state index is 0.431. The largest absolute Gasteiger partial charge is 0.285 e. The van der Waals surface area contributed by atoms with Gasteiger partial charge < -0.3 is 0 Å². The number of benzene rings is 1. The predicted octanol–water partition coefficient (Wildman–Crippen LogP) is 2.07. The van der Waals surface area contributed by atoms with Gasteiger partial charge in [0.15, 0.2) is 0 Å². The van der Waals surface area contributed by atoms with E-state index in [1.54, 1.807) is 18.2 Å². The number of hydrogen-bond acceptors (Lipinski definition) is 2. The van der Waals surface area contributed by atoms with Crippen LogP contribution in [-0.2, 0) is 4.79 Å². The summed E-state index contributed by atoms with van der Waals surface area (Å²) < 4.78 is 0.960. The Labute approximate surface area is 114 Å². The molecule has 0 saturated carbocycles. The van der Waals surface area contributed by atoms with E-state index in [1.807, 2.05) is 6.07 Å². The fourth-order valence-electron chi connectivity index (χ4n) is 2.43. The number of rotatable bonds is 0. The third-order valence-electron chi connectivity index (χ3n) is 3.30. The normalized spacial score (nSPS) is 18.4. The molecule has 0 heterocycles. The molecular formula is C14H8BBrO2. The molecule has 0 saturated heterocycles. The molecule has 0 aliphatic heterocycles. The molecular weight excluding hydrogens is 291 g/mol. The second kappa shape index (κ2) is 4.06. The molecule has 0 atom stereocenters. The van der Waals surface area contributed by atoms with Crippen molar-refractivity contribution in [1.82, 2.24) is 0 Å². The van der Waals surface area contributed by atoms with Gasteiger partial charge in [-0.1, -0.05) is 39.6 Å². The topological polar surface area (TPSA) is 34.1 Å². The van der Waals surface area contributed by atoms with E-state index in [9.17, 15) is 9.59 Å². The zero-order valence-corrected chi connectivity index (χ0v) is 11.1. The second-order valence-electron chi connectivity index (χ2n) is 4.45. The van der Waals surface area contributed by atoms with Gasteiger partial charge in [0.05, 0.1) is 0 Å². The molecule has 0 spiro atoms. The second-order valence-corrected chi connectivity index (χ2v) is 5.47. The van der Waals surface area contributed by atoms with E-state index < -0.39 is 11.6 Å². The lowest BCUT2D eigenvalue weighted by Gasteiger charge is -2.23. The molecule has 0 amide bonds. The van der Waals surface area contributed by atoms with Crippen molar-refractivity contribution >= 4 is 46.4 Å². The zero-order chi connectivity index (χ0) is 12.9. The van der Waals surface area contributed by atoms with E-state index >= 15 is 0 Å². The summed E-state index contributed by atoms with van der Waals surface area (Å²) in [5, 5.41) is 0. The van der Waals surface area contributed by atoms with E-state index in [-0.39, 0.29) is 0 Å². The molecule has 3 rings (SSSR count). The Balaban J connectivity index is 2.30. The number of carbonyl (C=O) groups is 2. The van der Waals surface area contributed by atoms with Crippen LogP contribution in [0.3, 0.4) is 0 Å². The van der Waals surface area contributed by atoms with Crippen LogP contribution in [0.15, 0.2) is 34.3 Å². The first-order chi connectivity index (χ1) is 8.58. The SMILES string of the molecule is [B]c1ccc2c(c1)C(=O)C(=O)C1=C2CCC(Br)=C1. The molecule has 0 N–H and O–H groups in total. The van der Waals surface area contributed by atoms with Crippen molar-refractivity contribution in [2.75, 3.05) is 0 Å². The lowest BCUT2D eigenvalue weighted by molar-refractivity contribution is -0.111. The van der Waals surface area contributed by atoms with E-state index in [1.165, 1.54) is 0 Å². The summed E-state index contributed by atoms with van der Waals surface area (Å²) in [5.41, 5.74) is 3.27. The molecule has 0 unspecified atom stereocenters. The van der Waals surface area contributed by atoms with Crippen molar-refractivity contribution in [1.29, 1.82) is 0 Å². The van der Waals surface area contributed by atoms with Crippen LogP contribution in [-0.4, -0.2) is 19.4 Å². The lowest BCUT2D eigenvalue weighted by Crippen LogP contribution is -2.26. The molecule has 0 bridgehead atoms. The molecule has 18 heavy (non-hydrogen) atoms. The van der Waals surface area contributed by atoms with Crippen LogP contribution in [0.25, 0.3) is 5.57 Å². The van der Waals surface area contributed by atoms with Crippen molar-refractivity contribution in [3.05, 3.63) is 45.5 Å². The van der Waals surface area contributed by atoms with Gasteiger partial charge in [0.25, 0.3) is 0 Å². The van der Waals surface area contributed by atoms with E-state index in [4.69, 9.17) is 7.85 Å². The predicted molar refractivity (Wildman–Crippen MR) is 74.3 cm³/mol. The number of hydrogen-bond donors (Lipinski definition) is 0. The van der Waals surface area contributed by atoms with Crippen molar-refractivity contribution in [2.24, 2.45) is 0 Å². The summed E-state index contributed by atoms with van der Waals surface area (Å²) in [6.45, 7) is 0. The van der Waals surface area contributed by atoms with Crippen LogP contribution >= 0.6 is 15.9 Å². The minimum Gasteiger partial charge on any atom is -0.285 e. The number of allylic oxidation sites excluding steroid dienone is 4. The van der Waals surface area contributed by atoms with Crippen LogP contribution < -0.4 is 5.46 Å². The average molecular weight is 299 g/mol. The highest BCUT2D eigenvalue weighted by Gasteiger charge is 2.32. The molecule has 4 heteroatoms. The van der Waals surface area contributed by atoms with Crippen LogP contribution in [0, 0.1) is 0 Å². The molecule has 0 fully saturated rings. The van der Waals surface area contributed by atoms with Gasteiger partial charge in [-0.15, -0.1) is 0 Å².